The molecular formula is C17H23N3O5S. The van der Waals surface area contributed by atoms with Gasteiger partial charge in [-0.1, -0.05) is 13.8 Å². The Kier molecular flexibility index (Phi) is 6.49. The van der Waals surface area contributed by atoms with E-state index in [9.17, 15) is 14.7 Å². The van der Waals surface area contributed by atoms with Crippen molar-refractivity contribution < 1.29 is 24.2 Å². The van der Waals surface area contributed by atoms with E-state index in [-0.39, 0.29) is 12.5 Å². The largest absolute Gasteiger partial charge is 0.480 e. The normalized spacial score (nSPS) is 12.4. The lowest BCUT2D eigenvalue weighted by molar-refractivity contribution is -0.139. The maximum atomic E-state index is 12.7. The number of amides is 1. The van der Waals surface area contributed by atoms with E-state index in [2.05, 4.69) is 15.3 Å². The van der Waals surface area contributed by atoms with Crippen LogP contribution in [0.3, 0.4) is 0 Å². The Morgan fingerprint density at radius 3 is 2.50 bits per heavy atom. The van der Waals surface area contributed by atoms with E-state index >= 15 is 0 Å². The van der Waals surface area contributed by atoms with Crippen molar-refractivity contribution in [2.24, 2.45) is 5.92 Å². The smallest absolute Gasteiger partial charge is 0.326 e. The van der Waals surface area contributed by atoms with Crippen LogP contribution in [-0.4, -0.2) is 47.2 Å². The molecule has 2 heterocycles. The van der Waals surface area contributed by atoms with Crippen LogP contribution in [0.4, 0.5) is 0 Å². The van der Waals surface area contributed by atoms with Crippen LogP contribution in [0.1, 0.15) is 41.3 Å². The first-order valence-electron chi connectivity index (χ1n) is 8.15. The summed E-state index contributed by atoms with van der Waals surface area (Å²) >= 11 is 1.18. The number of fused-ring (bicyclic) bond motifs is 1. The van der Waals surface area contributed by atoms with Gasteiger partial charge in [0.2, 0.25) is 5.88 Å². The molecule has 0 fully saturated rings. The summed E-state index contributed by atoms with van der Waals surface area (Å²) in [6, 6.07) is -0.941. The van der Waals surface area contributed by atoms with Gasteiger partial charge in [-0.05, 0) is 24.8 Å². The standard InChI is InChI=1S/C17H23N3O5S/c1-8(2)6-10(17(22)23)18-14(21)13-9(3)12-15(25-5)19-11(7-24-4)20-16(12)26-13/h8,10H,6-7H2,1-5H3,(H,18,21)(H,22,23). The van der Waals surface area contributed by atoms with Crippen molar-refractivity contribution in [3.63, 3.8) is 0 Å². The molecule has 0 aliphatic heterocycles. The van der Waals surface area contributed by atoms with E-state index in [1.807, 2.05) is 13.8 Å². The molecule has 2 aromatic heterocycles. The number of ether oxygens (including phenoxy) is 2. The van der Waals surface area contributed by atoms with E-state index in [4.69, 9.17) is 9.47 Å². The molecular weight excluding hydrogens is 358 g/mol. The molecule has 1 atom stereocenters. The summed E-state index contributed by atoms with van der Waals surface area (Å²) in [6.45, 7) is 5.81. The molecule has 2 rings (SSSR count). The number of aryl methyl sites for hydroxylation is 1. The molecule has 0 bridgehead atoms. The summed E-state index contributed by atoms with van der Waals surface area (Å²) in [5.41, 5.74) is 0.664. The number of hydrogen-bond acceptors (Lipinski definition) is 7. The lowest BCUT2D eigenvalue weighted by Gasteiger charge is -2.16. The number of nitrogens with one attached hydrogen (secondary N) is 1. The highest BCUT2D eigenvalue weighted by atomic mass is 32.1. The Bertz CT molecular complexity index is 818. The molecule has 0 saturated carbocycles. The summed E-state index contributed by atoms with van der Waals surface area (Å²) in [5.74, 6) is -0.526. The van der Waals surface area contributed by atoms with Crippen molar-refractivity contribution in [2.75, 3.05) is 14.2 Å². The number of carbonyl (C=O) groups is 2. The maximum Gasteiger partial charge on any atom is 0.326 e. The SMILES string of the molecule is COCc1nc(OC)c2c(C)c(C(=O)NC(CC(C)C)C(=O)O)sc2n1. The third-order valence-electron chi connectivity index (χ3n) is 3.79. The second-order valence-electron chi connectivity index (χ2n) is 6.31. The summed E-state index contributed by atoms with van der Waals surface area (Å²) in [6.07, 6.45) is 0.353. The number of rotatable bonds is 8. The molecule has 0 saturated heterocycles. The van der Waals surface area contributed by atoms with Gasteiger partial charge in [0.15, 0.2) is 5.82 Å². The van der Waals surface area contributed by atoms with Crippen molar-refractivity contribution in [1.82, 2.24) is 15.3 Å². The van der Waals surface area contributed by atoms with E-state index in [0.29, 0.717) is 38.8 Å². The van der Waals surface area contributed by atoms with Crippen molar-refractivity contribution in [3.05, 3.63) is 16.3 Å². The molecule has 2 N–H and O–H groups in total. The highest BCUT2D eigenvalue weighted by molar-refractivity contribution is 7.20. The molecule has 0 spiro atoms. The number of carbonyl (C=O) groups excluding carboxylic acids is 1. The van der Waals surface area contributed by atoms with Crippen molar-refractivity contribution >= 4 is 33.4 Å². The minimum atomic E-state index is -1.05. The number of nitrogens with zero attached hydrogens (tertiary/aromatic N) is 2. The zero-order valence-electron chi connectivity index (χ0n) is 15.5. The second-order valence-corrected chi connectivity index (χ2v) is 7.31. The van der Waals surface area contributed by atoms with Crippen LogP contribution in [0.15, 0.2) is 0 Å². The first-order valence-corrected chi connectivity index (χ1v) is 8.96. The average molecular weight is 381 g/mol. The topological polar surface area (TPSA) is 111 Å². The minimum Gasteiger partial charge on any atom is -0.480 e. The highest BCUT2D eigenvalue weighted by Crippen LogP contribution is 2.35. The lowest BCUT2D eigenvalue weighted by atomic mass is 10.0. The van der Waals surface area contributed by atoms with Gasteiger partial charge in [0.05, 0.1) is 17.4 Å². The van der Waals surface area contributed by atoms with E-state index in [0.717, 1.165) is 0 Å². The summed E-state index contributed by atoms with van der Waals surface area (Å²) in [4.78, 5) is 33.8. The van der Waals surface area contributed by atoms with E-state index in [1.165, 1.54) is 18.4 Å². The van der Waals surface area contributed by atoms with Crippen LogP contribution < -0.4 is 10.1 Å². The molecule has 0 aromatic carbocycles. The molecule has 0 radical (unpaired) electrons. The zero-order chi connectivity index (χ0) is 19.4. The van der Waals surface area contributed by atoms with E-state index in [1.54, 1.807) is 14.0 Å². The summed E-state index contributed by atoms with van der Waals surface area (Å²) in [7, 11) is 3.04. The van der Waals surface area contributed by atoms with Gasteiger partial charge in [-0.3, -0.25) is 4.79 Å². The van der Waals surface area contributed by atoms with Gasteiger partial charge in [-0.15, -0.1) is 11.3 Å². The fraction of sp³-hybridized carbons (Fsp3) is 0.529. The molecule has 26 heavy (non-hydrogen) atoms. The van der Waals surface area contributed by atoms with Crippen LogP contribution in [0.2, 0.25) is 0 Å². The summed E-state index contributed by atoms with van der Waals surface area (Å²) in [5, 5.41) is 12.6. The fourth-order valence-corrected chi connectivity index (χ4v) is 3.71. The number of aromatic nitrogens is 2. The third-order valence-corrected chi connectivity index (χ3v) is 4.97. The maximum absolute atomic E-state index is 12.7. The van der Waals surface area contributed by atoms with Crippen molar-refractivity contribution in [3.8, 4) is 5.88 Å². The first kappa shape index (κ1) is 20.1. The molecule has 2 aromatic rings. The number of aliphatic carboxylic acids is 1. The van der Waals surface area contributed by atoms with Gasteiger partial charge in [0.25, 0.3) is 5.91 Å². The lowest BCUT2D eigenvalue weighted by Crippen LogP contribution is -2.41. The number of carboxylic acids is 1. The van der Waals surface area contributed by atoms with Crippen molar-refractivity contribution in [1.29, 1.82) is 0 Å². The van der Waals surface area contributed by atoms with E-state index < -0.39 is 17.9 Å². The van der Waals surface area contributed by atoms with Crippen LogP contribution >= 0.6 is 11.3 Å². The van der Waals surface area contributed by atoms with Gasteiger partial charge in [0, 0.05) is 7.11 Å². The average Bonchev–Trinajstić information content (AvgIpc) is 2.90. The molecule has 0 aliphatic carbocycles. The Hall–Kier alpha value is -2.26. The highest BCUT2D eigenvalue weighted by Gasteiger charge is 2.26. The predicted octanol–water partition coefficient (Wildman–Crippen LogP) is 2.38. The number of thiophene rings is 1. The van der Waals surface area contributed by atoms with Gasteiger partial charge < -0.3 is 19.9 Å². The van der Waals surface area contributed by atoms with Crippen LogP contribution in [-0.2, 0) is 16.1 Å². The zero-order valence-corrected chi connectivity index (χ0v) is 16.3. The Morgan fingerprint density at radius 2 is 1.96 bits per heavy atom. The number of hydrogen-bond donors (Lipinski definition) is 2. The molecule has 142 valence electrons. The quantitative estimate of drug-likeness (QED) is 0.722. The first-order chi connectivity index (χ1) is 12.3. The Balaban J connectivity index is 2.41. The van der Waals surface area contributed by atoms with Crippen molar-refractivity contribution in [2.45, 2.75) is 39.8 Å². The fourth-order valence-electron chi connectivity index (χ4n) is 2.62. The van der Waals surface area contributed by atoms with Gasteiger partial charge in [-0.2, -0.15) is 4.98 Å². The Morgan fingerprint density at radius 1 is 1.27 bits per heavy atom. The van der Waals surface area contributed by atoms with Gasteiger partial charge >= 0.3 is 5.97 Å². The Labute approximate surface area is 155 Å². The monoisotopic (exact) mass is 381 g/mol. The van der Waals surface area contributed by atoms with Crippen LogP contribution in [0.5, 0.6) is 5.88 Å². The molecule has 0 aliphatic rings. The molecule has 8 nitrogen and oxygen atoms in total. The molecule has 9 heteroatoms. The van der Waals surface area contributed by atoms with Crippen LogP contribution in [0.25, 0.3) is 10.2 Å². The predicted molar refractivity (Wildman–Crippen MR) is 97.8 cm³/mol. The number of methoxy groups -OCH3 is 2. The van der Waals surface area contributed by atoms with Gasteiger partial charge in [0.1, 0.15) is 17.5 Å². The third kappa shape index (κ3) is 4.28. The molecule has 1 amide bonds. The second kappa shape index (κ2) is 8.41. The number of carboxylic acid groups (broad SMARTS) is 1. The molecule has 1 unspecified atom stereocenters. The van der Waals surface area contributed by atoms with Crippen LogP contribution in [0, 0.1) is 12.8 Å². The minimum absolute atomic E-state index is 0.141. The van der Waals surface area contributed by atoms with Gasteiger partial charge in [-0.25, -0.2) is 9.78 Å². The summed E-state index contributed by atoms with van der Waals surface area (Å²) < 4.78 is 10.4.